The Morgan fingerprint density at radius 2 is 1.75 bits per heavy atom. The van der Waals surface area contributed by atoms with Gasteiger partial charge in [-0.05, 0) is 34.6 Å². The lowest BCUT2D eigenvalue weighted by Crippen LogP contribution is -2.58. The van der Waals surface area contributed by atoms with Crippen LogP contribution in [-0.2, 0) is 14.3 Å². The molecule has 2 N–H and O–H groups in total. The molecule has 0 aromatic heterocycles. The Kier molecular flexibility index (Phi) is 4.66. The molecule has 1 aliphatic heterocycles. The van der Waals surface area contributed by atoms with Crippen LogP contribution >= 0.6 is 0 Å². The Balaban J connectivity index is 2.85. The Morgan fingerprint density at radius 3 is 2.15 bits per heavy atom. The second-order valence-corrected chi connectivity index (χ2v) is 6.49. The molecule has 20 heavy (non-hydrogen) atoms. The number of aliphatic hydroxyl groups is 1. The molecule has 1 rings (SSSR count). The highest BCUT2D eigenvalue weighted by atomic mass is 16.6. The minimum atomic E-state index is -1.26. The normalized spacial score (nSPS) is 24.4. The second kappa shape index (κ2) is 5.57. The molecule has 7 heteroatoms. The summed E-state index contributed by atoms with van der Waals surface area (Å²) < 4.78 is 10.5. The van der Waals surface area contributed by atoms with Gasteiger partial charge in [0.15, 0.2) is 6.10 Å². The van der Waals surface area contributed by atoms with Crippen molar-refractivity contribution in [3.8, 4) is 0 Å². The monoisotopic (exact) mass is 289 g/mol. The van der Waals surface area contributed by atoms with Gasteiger partial charge in [-0.2, -0.15) is 0 Å². The third-order valence-electron chi connectivity index (χ3n) is 2.82. The number of nitrogens with zero attached hydrogens (tertiary/aromatic N) is 1. The first-order valence-corrected chi connectivity index (χ1v) is 6.49. The van der Waals surface area contributed by atoms with Gasteiger partial charge in [-0.3, -0.25) is 0 Å². The summed E-state index contributed by atoms with van der Waals surface area (Å²) in [5.41, 5.74) is -1.92. The average molecular weight is 289 g/mol. The van der Waals surface area contributed by atoms with Crippen LogP contribution in [0.25, 0.3) is 0 Å². The molecule has 0 aromatic rings. The number of hydrogen-bond acceptors (Lipinski definition) is 5. The van der Waals surface area contributed by atoms with Gasteiger partial charge < -0.3 is 24.6 Å². The van der Waals surface area contributed by atoms with Gasteiger partial charge in [0.05, 0.1) is 18.7 Å². The van der Waals surface area contributed by atoms with Crippen LogP contribution in [0, 0.1) is 0 Å². The van der Waals surface area contributed by atoms with E-state index in [-0.39, 0.29) is 13.1 Å². The fourth-order valence-corrected chi connectivity index (χ4v) is 1.76. The number of aliphatic carboxylic acids is 1. The van der Waals surface area contributed by atoms with E-state index in [0.29, 0.717) is 0 Å². The largest absolute Gasteiger partial charge is 0.479 e. The molecule has 0 saturated carbocycles. The minimum absolute atomic E-state index is 0.0855. The highest BCUT2D eigenvalue weighted by Crippen LogP contribution is 2.22. The molecule has 7 nitrogen and oxygen atoms in total. The van der Waals surface area contributed by atoms with Crippen LogP contribution < -0.4 is 0 Å². The van der Waals surface area contributed by atoms with Crippen molar-refractivity contribution in [2.24, 2.45) is 0 Å². The van der Waals surface area contributed by atoms with E-state index in [0.717, 1.165) is 0 Å². The van der Waals surface area contributed by atoms with Crippen molar-refractivity contribution >= 4 is 12.1 Å². The molecule has 1 aliphatic rings. The van der Waals surface area contributed by atoms with E-state index >= 15 is 0 Å². The zero-order chi connectivity index (χ0) is 15.7. The number of hydrogen-bond donors (Lipinski definition) is 2. The van der Waals surface area contributed by atoms with Gasteiger partial charge in [0, 0.05) is 0 Å². The summed E-state index contributed by atoms with van der Waals surface area (Å²) in [6, 6.07) is 0. The minimum Gasteiger partial charge on any atom is -0.479 e. The van der Waals surface area contributed by atoms with Crippen molar-refractivity contribution < 1.29 is 29.3 Å². The van der Waals surface area contributed by atoms with Crippen molar-refractivity contribution in [1.29, 1.82) is 0 Å². The molecule has 0 aliphatic carbocycles. The summed E-state index contributed by atoms with van der Waals surface area (Å²) in [5, 5.41) is 19.0. The molecule has 0 unspecified atom stereocenters. The third kappa shape index (κ3) is 4.64. The zero-order valence-corrected chi connectivity index (χ0v) is 12.5. The number of ether oxygens (including phenoxy) is 2. The van der Waals surface area contributed by atoms with Crippen molar-refractivity contribution in [2.75, 3.05) is 13.1 Å². The fourth-order valence-electron chi connectivity index (χ4n) is 1.76. The number of carbonyl (C=O) groups excluding carboxylic acids is 1. The molecule has 0 spiro atoms. The predicted molar refractivity (Wildman–Crippen MR) is 70.4 cm³/mol. The van der Waals surface area contributed by atoms with Gasteiger partial charge in [0.25, 0.3) is 0 Å². The van der Waals surface area contributed by atoms with Crippen LogP contribution in [0.2, 0.25) is 0 Å². The van der Waals surface area contributed by atoms with Gasteiger partial charge in [0.2, 0.25) is 0 Å². The van der Waals surface area contributed by atoms with Crippen LogP contribution in [0.3, 0.4) is 0 Å². The van der Waals surface area contributed by atoms with Crippen molar-refractivity contribution in [3.63, 3.8) is 0 Å². The average Bonchev–Trinajstić information content (AvgIpc) is 2.24. The van der Waals surface area contributed by atoms with E-state index in [1.807, 2.05) is 0 Å². The van der Waals surface area contributed by atoms with E-state index in [2.05, 4.69) is 0 Å². The fraction of sp³-hybridized carbons (Fsp3) is 0.846. The number of morpholine rings is 1. The van der Waals surface area contributed by atoms with Gasteiger partial charge in [-0.15, -0.1) is 0 Å². The van der Waals surface area contributed by atoms with E-state index in [1.165, 1.54) is 18.7 Å². The van der Waals surface area contributed by atoms with E-state index in [1.54, 1.807) is 20.8 Å². The Labute approximate surface area is 118 Å². The highest BCUT2D eigenvalue weighted by Gasteiger charge is 2.41. The lowest BCUT2D eigenvalue weighted by molar-refractivity contribution is -0.183. The number of carboxylic acids is 1. The van der Waals surface area contributed by atoms with Crippen LogP contribution in [0.15, 0.2) is 0 Å². The molecule has 0 aromatic carbocycles. The lowest BCUT2D eigenvalue weighted by Gasteiger charge is -2.41. The maximum Gasteiger partial charge on any atom is 0.410 e. The van der Waals surface area contributed by atoms with Crippen molar-refractivity contribution in [2.45, 2.75) is 58.0 Å². The van der Waals surface area contributed by atoms with Gasteiger partial charge in [-0.1, -0.05) is 0 Å². The third-order valence-corrected chi connectivity index (χ3v) is 2.82. The summed E-state index contributed by atoms with van der Waals surface area (Å²) >= 11 is 0. The maximum absolute atomic E-state index is 12.0. The van der Waals surface area contributed by atoms with Gasteiger partial charge in [0.1, 0.15) is 11.7 Å². The molecular formula is C13H23NO6. The molecule has 1 fully saturated rings. The molecule has 0 bridgehead atoms. The van der Waals surface area contributed by atoms with Crippen LogP contribution in [0.1, 0.15) is 34.6 Å². The van der Waals surface area contributed by atoms with E-state index in [9.17, 15) is 14.7 Å². The summed E-state index contributed by atoms with van der Waals surface area (Å²) in [5.74, 6) is -1.17. The molecular weight excluding hydrogens is 266 g/mol. The Bertz CT molecular complexity index is 381. The standard InChI is InChI=1S/C13H23NO6/c1-12(2,3)20-11(17)14-6-8(10(15)16)19-9(7-14)13(4,5)18/h8-9,18H,6-7H2,1-5H3,(H,15,16)/t8-,9+/m1/s1. The molecule has 116 valence electrons. The number of rotatable bonds is 2. The second-order valence-electron chi connectivity index (χ2n) is 6.49. The molecule has 2 atom stereocenters. The molecule has 1 amide bonds. The van der Waals surface area contributed by atoms with E-state index < -0.39 is 35.5 Å². The lowest BCUT2D eigenvalue weighted by atomic mass is 9.99. The number of amides is 1. The van der Waals surface area contributed by atoms with Gasteiger partial charge >= 0.3 is 12.1 Å². The SMILES string of the molecule is CC(C)(C)OC(=O)N1C[C@@H](C(C)(C)O)O[C@@H](C(=O)O)C1. The van der Waals surface area contributed by atoms with Crippen LogP contribution in [0.4, 0.5) is 4.79 Å². The Hall–Kier alpha value is -1.34. The molecule has 1 heterocycles. The zero-order valence-electron chi connectivity index (χ0n) is 12.5. The first-order chi connectivity index (χ1) is 8.90. The van der Waals surface area contributed by atoms with Crippen LogP contribution in [0.5, 0.6) is 0 Å². The maximum atomic E-state index is 12.0. The number of carbonyl (C=O) groups is 2. The van der Waals surface area contributed by atoms with Crippen molar-refractivity contribution in [1.82, 2.24) is 4.90 Å². The topological polar surface area (TPSA) is 96.3 Å². The van der Waals surface area contributed by atoms with E-state index in [4.69, 9.17) is 14.6 Å². The van der Waals surface area contributed by atoms with Gasteiger partial charge in [-0.25, -0.2) is 9.59 Å². The van der Waals surface area contributed by atoms with Crippen LogP contribution in [-0.4, -0.2) is 63.7 Å². The Morgan fingerprint density at radius 1 is 1.20 bits per heavy atom. The highest BCUT2D eigenvalue weighted by molar-refractivity contribution is 5.75. The summed E-state index contributed by atoms with van der Waals surface area (Å²) in [6.07, 6.45) is -2.57. The van der Waals surface area contributed by atoms with Crippen molar-refractivity contribution in [3.05, 3.63) is 0 Å². The smallest absolute Gasteiger partial charge is 0.410 e. The summed E-state index contributed by atoms with van der Waals surface area (Å²) in [6.45, 7) is 8.19. The molecule has 1 saturated heterocycles. The predicted octanol–water partition coefficient (Wildman–Crippen LogP) is 0.846. The summed E-state index contributed by atoms with van der Waals surface area (Å²) in [4.78, 5) is 24.4. The quantitative estimate of drug-likeness (QED) is 0.782. The number of carboxylic acid groups (broad SMARTS) is 1. The first kappa shape index (κ1) is 16.7. The molecule has 0 radical (unpaired) electrons. The summed E-state index contributed by atoms with van der Waals surface area (Å²) in [7, 11) is 0. The first-order valence-electron chi connectivity index (χ1n) is 6.49.